The minimum absolute atomic E-state index is 0.385. The molecule has 0 aromatic carbocycles. The Morgan fingerprint density at radius 3 is 2.70 bits per heavy atom. The lowest BCUT2D eigenvalue weighted by Crippen LogP contribution is -2.50. The maximum atomic E-state index is 11.4. The Bertz CT molecular complexity index is 333. The van der Waals surface area contributed by atoms with Gasteiger partial charge in [-0.25, -0.2) is 0 Å². The number of likely N-dealkylation sites (tertiary alicyclic amines) is 1. The van der Waals surface area contributed by atoms with Gasteiger partial charge >= 0.3 is 5.97 Å². The van der Waals surface area contributed by atoms with Gasteiger partial charge in [0.25, 0.3) is 0 Å². The summed E-state index contributed by atoms with van der Waals surface area (Å²) in [6.07, 6.45) is 6.47. The number of carbonyl (C=O) groups is 1. The highest BCUT2D eigenvalue weighted by molar-refractivity contribution is 5.78. The van der Waals surface area contributed by atoms with E-state index in [1.165, 1.54) is 0 Å². The average molecular weight is 284 g/mol. The SMILES string of the molecule is COC1CCN(CCCCC(C)(NC2CC2)C(=O)O)C1. The molecule has 5 heteroatoms. The third kappa shape index (κ3) is 4.43. The first-order valence-corrected chi connectivity index (χ1v) is 7.80. The van der Waals surface area contributed by atoms with E-state index < -0.39 is 11.5 Å². The Balaban J connectivity index is 1.64. The first-order chi connectivity index (χ1) is 9.53. The summed E-state index contributed by atoms with van der Waals surface area (Å²) in [6.45, 7) is 5.01. The predicted molar refractivity (Wildman–Crippen MR) is 77.9 cm³/mol. The quantitative estimate of drug-likeness (QED) is 0.628. The minimum Gasteiger partial charge on any atom is -0.480 e. The topological polar surface area (TPSA) is 61.8 Å². The molecular weight excluding hydrogens is 256 g/mol. The van der Waals surface area contributed by atoms with Gasteiger partial charge in [-0.3, -0.25) is 10.1 Å². The number of carboxylic acids is 1. The van der Waals surface area contributed by atoms with Crippen LogP contribution < -0.4 is 5.32 Å². The molecule has 1 aliphatic carbocycles. The van der Waals surface area contributed by atoms with Crippen molar-refractivity contribution in [2.45, 2.75) is 63.1 Å². The molecular formula is C15H28N2O3. The molecule has 2 N–H and O–H groups in total. The summed E-state index contributed by atoms with van der Waals surface area (Å²) in [5.41, 5.74) is -0.749. The van der Waals surface area contributed by atoms with Crippen LogP contribution in [0.15, 0.2) is 0 Å². The van der Waals surface area contributed by atoms with Gasteiger partial charge in [-0.15, -0.1) is 0 Å². The van der Waals surface area contributed by atoms with E-state index in [0.717, 1.165) is 51.7 Å². The Hall–Kier alpha value is -0.650. The first kappa shape index (κ1) is 15.7. The standard InChI is InChI=1S/C15H28N2O3/c1-15(14(18)19,16-12-5-6-12)8-3-4-9-17-10-7-13(11-17)20-2/h12-13,16H,3-11H2,1-2H3,(H,18,19). The van der Waals surface area contributed by atoms with Crippen LogP contribution in [0.2, 0.25) is 0 Å². The summed E-state index contributed by atoms with van der Waals surface area (Å²) in [6, 6.07) is 0.428. The molecule has 2 aliphatic rings. The number of ether oxygens (including phenoxy) is 1. The van der Waals surface area contributed by atoms with Crippen molar-refractivity contribution in [2.75, 3.05) is 26.7 Å². The van der Waals surface area contributed by atoms with Crippen LogP contribution in [0.5, 0.6) is 0 Å². The van der Waals surface area contributed by atoms with Crippen LogP contribution in [-0.4, -0.2) is 60.4 Å². The van der Waals surface area contributed by atoms with E-state index in [9.17, 15) is 9.90 Å². The molecule has 0 bridgehead atoms. The van der Waals surface area contributed by atoms with Crippen molar-refractivity contribution >= 4 is 5.97 Å². The maximum Gasteiger partial charge on any atom is 0.323 e. The van der Waals surface area contributed by atoms with Gasteiger partial charge in [0.05, 0.1) is 6.10 Å². The van der Waals surface area contributed by atoms with Gasteiger partial charge < -0.3 is 14.7 Å². The second-order valence-electron chi connectivity index (χ2n) is 6.46. The van der Waals surface area contributed by atoms with E-state index in [0.29, 0.717) is 18.6 Å². The monoisotopic (exact) mass is 284 g/mol. The summed E-state index contributed by atoms with van der Waals surface area (Å²) in [5, 5.41) is 12.7. The van der Waals surface area contributed by atoms with Crippen molar-refractivity contribution in [3.05, 3.63) is 0 Å². The van der Waals surface area contributed by atoms with Gasteiger partial charge in [0.2, 0.25) is 0 Å². The molecule has 1 saturated heterocycles. The van der Waals surface area contributed by atoms with Crippen LogP contribution in [0.3, 0.4) is 0 Å². The fourth-order valence-electron chi connectivity index (χ4n) is 2.93. The number of aliphatic carboxylic acids is 1. The Labute approximate surface area is 121 Å². The Kier molecular flexibility index (Phi) is 5.41. The second-order valence-corrected chi connectivity index (χ2v) is 6.46. The maximum absolute atomic E-state index is 11.4. The van der Waals surface area contributed by atoms with Gasteiger partial charge in [-0.2, -0.15) is 0 Å². The van der Waals surface area contributed by atoms with Gasteiger partial charge in [-0.1, -0.05) is 0 Å². The summed E-state index contributed by atoms with van der Waals surface area (Å²) < 4.78 is 5.35. The number of nitrogens with zero attached hydrogens (tertiary/aromatic N) is 1. The molecule has 2 unspecified atom stereocenters. The average Bonchev–Trinajstić information content (AvgIpc) is 3.10. The third-order valence-corrected chi connectivity index (χ3v) is 4.54. The van der Waals surface area contributed by atoms with Crippen molar-refractivity contribution in [3.8, 4) is 0 Å². The largest absolute Gasteiger partial charge is 0.480 e. The van der Waals surface area contributed by atoms with Crippen molar-refractivity contribution in [3.63, 3.8) is 0 Å². The molecule has 2 fully saturated rings. The molecule has 1 heterocycles. The lowest BCUT2D eigenvalue weighted by atomic mass is 9.94. The number of nitrogens with one attached hydrogen (secondary N) is 1. The van der Waals surface area contributed by atoms with Crippen molar-refractivity contribution in [1.29, 1.82) is 0 Å². The van der Waals surface area contributed by atoms with Crippen molar-refractivity contribution < 1.29 is 14.6 Å². The zero-order chi connectivity index (χ0) is 14.6. The number of methoxy groups -OCH3 is 1. The van der Waals surface area contributed by atoms with E-state index in [-0.39, 0.29) is 0 Å². The molecule has 5 nitrogen and oxygen atoms in total. The molecule has 1 aliphatic heterocycles. The van der Waals surface area contributed by atoms with Crippen LogP contribution in [0, 0.1) is 0 Å². The van der Waals surface area contributed by atoms with Gasteiger partial charge in [0.15, 0.2) is 0 Å². The first-order valence-electron chi connectivity index (χ1n) is 7.80. The van der Waals surface area contributed by atoms with Gasteiger partial charge in [0.1, 0.15) is 5.54 Å². The lowest BCUT2D eigenvalue weighted by molar-refractivity contribution is -0.144. The Morgan fingerprint density at radius 1 is 1.40 bits per heavy atom. The summed E-state index contributed by atoms with van der Waals surface area (Å²) in [7, 11) is 1.77. The van der Waals surface area contributed by atoms with Crippen LogP contribution in [-0.2, 0) is 9.53 Å². The van der Waals surface area contributed by atoms with Gasteiger partial charge in [0, 0.05) is 26.2 Å². The molecule has 0 amide bonds. The number of rotatable bonds is 9. The van der Waals surface area contributed by atoms with Gasteiger partial charge in [-0.05, 0) is 52.0 Å². The lowest BCUT2D eigenvalue weighted by Gasteiger charge is -2.26. The number of carboxylic acid groups (broad SMARTS) is 1. The molecule has 2 atom stereocenters. The van der Waals surface area contributed by atoms with E-state index in [4.69, 9.17) is 4.74 Å². The highest BCUT2D eigenvalue weighted by atomic mass is 16.5. The highest BCUT2D eigenvalue weighted by Crippen LogP contribution is 2.25. The fourth-order valence-corrected chi connectivity index (χ4v) is 2.93. The smallest absolute Gasteiger partial charge is 0.323 e. The number of unbranched alkanes of at least 4 members (excludes halogenated alkanes) is 1. The molecule has 0 aromatic heterocycles. The molecule has 0 aromatic rings. The molecule has 2 rings (SSSR count). The van der Waals surface area contributed by atoms with Crippen LogP contribution in [0.1, 0.15) is 45.4 Å². The zero-order valence-corrected chi connectivity index (χ0v) is 12.7. The second kappa shape index (κ2) is 6.87. The fraction of sp³-hybridized carbons (Fsp3) is 0.933. The number of hydrogen-bond donors (Lipinski definition) is 2. The molecule has 1 saturated carbocycles. The van der Waals surface area contributed by atoms with E-state index >= 15 is 0 Å². The summed E-state index contributed by atoms with van der Waals surface area (Å²) in [5.74, 6) is -0.718. The third-order valence-electron chi connectivity index (χ3n) is 4.54. The van der Waals surface area contributed by atoms with Crippen LogP contribution in [0.4, 0.5) is 0 Å². The predicted octanol–water partition coefficient (Wildman–Crippen LogP) is 1.47. The summed E-state index contributed by atoms with van der Waals surface area (Å²) in [4.78, 5) is 13.8. The molecule has 0 radical (unpaired) electrons. The van der Waals surface area contributed by atoms with E-state index in [1.807, 2.05) is 6.92 Å². The molecule has 116 valence electrons. The van der Waals surface area contributed by atoms with Crippen LogP contribution >= 0.6 is 0 Å². The summed E-state index contributed by atoms with van der Waals surface area (Å²) >= 11 is 0. The van der Waals surface area contributed by atoms with Crippen LogP contribution in [0.25, 0.3) is 0 Å². The molecule has 20 heavy (non-hydrogen) atoms. The molecule has 0 spiro atoms. The van der Waals surface area contributed by atoms with Crippen molar-refractivity contribution in [2.24, 2.45) is 0 Å². The Morgan fingerprint density at radius 2 is 2.15 bits per heavy atom. The highest BCUT2D eigenvalue weighted by Gasteiger charge is 2.37. The normalized spacial score (nSPS) is 26.6. The van der Waals surface area contributed by atoms with E-state index in [1.54, 1.807) is 7.11 Å². The van der Waals surface area contributed by atoms with E-state index in [2.05, 4.69) is 10.2 Å². The zero-order valence-electron chi connectivity index (χ0n) is 12.7. The number of hydrogen-bond acceptors (Lipinski definition) is 4. The van der Waals surface area contributed by atoms with Crippen molar-refractivity contribution in [1.82, 2.24) is 10.2 Å². The minimum atomic E-state index is -0.749.